The zero-order valence-electron chi connectivity index (χ0n) is 17.3. The maximum Gasteiger partial charge on any atom is 0.108 e. The van der Waals surface area contributed by atoms with Crippen molar-refractivity contribution in [1.82, 2.24) is 19.9 Å². The standard InChI is InChI=1S/C21H25N5S.2ClH/c1-6-26(5)13-24-18-8-14(2)17(7-15(18)3)9-21-25-20(12-27-21)19-11-22-16(4)10-23-19;;/h7-8,10-13H,6,9H2,1-5H3;2*1H. The molecule has 1 aromatic carbocycles. The van der Waals surface area contributed by atoms with E-state index in [1.807, 2.05) is 20.3 Å². The average molecular weight is 452 g/mol. The summed E-state index contributed by atoms with van der Waals surface area (Å²) in [4.78, 5) is 20.1. The molecule has 0 unspecified atom stereocenters. The van der Waals surface area contributed by atoms with Crippen molar-refractivity contribution in [3.05, 3.63) is 57.3 Å². The number of aromatic nitrogens is 3. The van der Waals surface area contributed by atoms with E-state index in [1.54, 1.807) is 23.7 Å². The highest BCUT2D eigenvalue weighted by molar-refractivity contribution is 7.10. The summed E-state index contributed by atoms with van der Waals surface area (Å²) >= 11 is 1.66. The monoisotopic (exact) mass is 451 g/mol. The van der Waals surface area contributed by atoms with E-state index in [9.17, 15) is 0 Å². The van der Waals surface area contributed by atoms with Gasteiger partial charge in [0.1, 0.15) is 11.4 Å². The second-order valence-corrected chi connectivity index (χ2v) is 7.67. The van der Waals surface area contributed by atoms with Gasteiger partial charge in [0.15, 0.2) is 0 Å². The molecule has 0 amide bonds. The van der Waals surface area contributed by atoms with Gasteiger partial charge in [-0.1, -0.05) is 6.07 Å². The first-order valence-electron chi connectivity index (χ1n) is 9.04. The van der Waals surface area contributed by atoms with E-state index < -0.39 is 0 Å². The molecule has 156 valence electrons. The van der Waals surface area contributed by atoms with Crippen molar-refractivity contribution >= 4 is 48.2 Å². The number of nitrogens with zero attached hydrogens (tertiary/aromatic N) is 5. The first kappa shape index (κ1) is 25.0. The number of halogens is 2. The molecule has 2 aromatic heterocycles. The third kappa shape index (κ3) is 6.49. The summed E-state index contributed by atoms with van der Waals surface area (Å²) in [7, 11) is 2.03. The van der Waals surface area contributed by atoms with Gasteiger partial charge in [0.05, 0.1) is 28.9 Å². The third-order valence-electron chi connectivity index (χ3n) is 4.48. The van der Waals surface area contributed by atoms with Gasteiger partial charge in [-0.05, 0) is 50.5 Å². The fourth-order valence-electron chi connectivity index (χ4n) is 2.63. The van der Waals surface area contributed by atoms with Crippen LogP contribution in [0, 0.1) is 20.8 Å². The molecule has 8 heteroatoms. The van der Waals surface area contributed by atoms with Crippen LogP contribution < -0.4 is 0 Å². The van der Waals surface area contributed by atoms with Crippen LogP contribution in [0.15, 0.2) is 34.9 Å². The number of aliphatic imine (C=N–C) groups is 1. The number of rotatable bonds is 6. The molecule has 0 radical (unpaired) electrons. The number of hydrogen-bond donors (Lipinski definition) is 0. The van der Waals surface area contributed by atoms with Crippen LogP contribution in [0.3, 0.4) is 0 Å². The van der Waals surface area contributed by atoms with E-state index >= 15 is 0 Å². The molecule has 0 fully saturated rings. The van der Waals surface area contributed by atoms with Crippen LogP contribution in [-0.4, -0.2) is 39.8 Å². The highest BCUT2D eigenvalue weighted by Gasteiger charge is 2.10. The molecule has 5 nitrogen and oxygen atoms in total. The molecule has 0 aliphatic carbocycles. The van der Waals surface area contributed by atoms with Gasteiger partial charge in [-0.3, -0.25) is 9.97 Å². The van der Waals surface area contributed by atoms with Crippen LogP contribution in [-0.2, 0) is 6.42 Å². The molecule has 3 rings (SSSR count). The number of aryl methyl sites for hydroxylation is 3. The van der Waals surface area contributed by atoms with E-state index in [2.05, 4.69) is 58.1 Å². The molecule has 0 aliphatic heterocycles. The Bertz CT molecular complexity index is 954. The zero-order valence-corrected chi connectivity index (χ0v) is 19.8. The lowest BCUT2D eigenvalue weighted by Crippen LogP contribution is -2.14. The van der Waals surface area contributed by atoms with Gasteiger partial charge < -0.3 is 4.90 Å². The van der Waals surface area contributed by atoms with Gasteiger partial charge in [-0.25, -0.2) is 9.98 Å². The normalized spacial score (nSPS) is 10.5. The molecule has 3 aromatic rings. The molecular weight excluding hydrogens is 425 g/mol. The highest BCUT2D eigenvalue weighted by Crippen LogP contribution is 2.27. The van der Waals surface area contributed by atoms with Crippen molar-refractivity contribution in [1.29, 1.82) is 0 Å². The van der Waals surface area contributed by atoms with Crippen LogP contribution in [0.25, 0.3) is 11.4 Å². The smallest absolute Gasteiger partial charge is 0.108 e. The van der Waals surface area contributed by atoms with Crippen molar-refractivity contribution in [2.75, 3.05) is 13.6 Å². The Hall–Kier alpha value is -2.02. The van der Waals surface area contributed by atoms with Crippen LogP contribution in [0.4, 0.5) is 5.69 Å². The van der Waals surface area contributed by atoms with E-state index in [0.717, 1.165) is 40.7 Å². The number of benzene rings is 1. The van der Waals surface area contributed by atoms with Gasteiger partial charge in [-0.2, -0.15) is 0 Å². The predicted molar refractivity (Wildman–Crippen MR) is 128 cm³/mol. The Morgan fingerprint density at radius 1 is 1.03 bits per heavy atom. The lowest BCUT2D eigenvalue weighted by Gasteiger charge is -2.11. The van der Waals surface area contributed by atoms with E-state index in [-0.39, 0.29) is 24.8 Å². The van der Waals surface area contributed by atoms with Gasteiger partial charge >= 0.3 is 0 Å². The van der Waals surface area contributed by atoms with Crippen molar-refractivity contribution in [2.45, 2.75) is 34.1 Å². The summed E-state index contributed by atoms with van der Waals surface area (Å²) in [5.74, 6) is 0. The minimum absolute atomic E-state index is 0. The first-order chi connectivity index (χ1) is 13.0. The Kier molecular flexibility index (Phi) is 9.70. The van der Waals surface area contributed by atoms with Crippen LogP contribution >= 0.6 is 36.2 Å². The third-order valence-corrected chi connectivity index (χ3v) is 5.33. The quantitative estimate of drug-likeness (QED) is 0.362. The van der Waals surface area contributed by atoms with Crippen LogP contribution in [0.5, 0.6) is 0 Å². The Morgan fingerprint density at radius 3 is 2.45 bits per heavy atom. The van der Waals surface area contributed by atoms with Crippen LogP contribution in [0.1, 0.15) is 34.3 Å². The van der Waals surface area contributed by atoms with Crippen molar-refractivity contribution in [3.8, 4) is 11.4 Å². The molecule has 0 saturated heterocycles. The first-order valence-corrected chi connectivity index (χ1v) is 9.92. The molecule has 0 N–H and O–H groups in total. The fourth-order valence-corrected chi connectivity index (χ4v) is 3.44. The van der Waals surface area contributed by atoms with E-state index in [1.165, 1.54) is 16.7 Å². The maximum absolute atomic E-state index is 4.75. The van der Waals surface area contributed by atoms with Gasteiger partial charge in [-0.15, -0.1) is 36.2 Å². The average Bonchev–Trinajstić information content (AvgIpc) is 3.12. The van der Waals surface area contributed by atoms with Crippen molar-refractivity contribution in [3.63, 3.8) is 0 Å². The van der Waals surface area contributed by atoms with E-state index in [4.69, 9.17) is 4.98 Å². The molecule has 0 atom stereocenters. The summed E-state index contributed by atoms with van der Waals surface area (Å²) in [6, 6.07) is 4.38. The molecule has 2 heterocycles. The van der Waals surface area contributed by atoms with Crippen molar-refractivity contribution in [2.24, 2.45) is 4.99 Å². The summed E-state index contributed by atoms with van der Waals surface area (Å²) in [5, 5.41) is 3.13. The molecule has 0 saturated carbocycles. The topological polar surface area (TPSA) is 54.3 Å². The Balaban J connectivity index is 0.00000210. The Labute approximate surface area is 189 Å². The van der Waals surface area contributed by atoms with Crippen molar-refractivity contribution < 1.29 is 0 Å². The van der Waals surface area contributed by atoms with Gasteiger partial charge in [0, 0.05) is 31.6 Å². The zero-order chi connectivity index (χ0) is 19.4. The van der Waals surface area contributed by atoms with Crippen LogP contribution in [0.2, 0.25) is 0 Å². The predicted octanol–water partition coefficient (Wildman–Crippen LogP) is 5.57. The van der Waals surface area contributed by atoms with Gasteiger partial charge in [0.2, 0.25) is 0 Å². The molecule has 0 bridgehead atoms. The summed E-state index contributed by atoms with van der Waals surface area (Å²) in [5.41, 5.74) is 7.34. The highest BCUT2D eigenvalue weighted by atomic mass is 35.5. The minimum Gasteiger partial charge on any atom is -0.366 e. The summed E-state index contributed by atoms with van der Waals surface area (Å²) in [6.45, 7) is 9.23. The van der Waals surface area contributed by atoms with Gasteiger partial charge in [0.25, 0.3) is 0 Å². The molecule has 29 heavy (non-hydrogen) atoms. The second kappa shape index (κ2) is 11.2. The lowest BCUT2D eigenvalue weighted by atomic mass is 10.0. The molecule has 0 aliphatic rings. The fraction of sp³-hybridized carbons (Fsp3) is 0.333. The maximum atomic E-state index is 4.75. The molecular formula is C21H27Cl2N5S. The SMILES string of the molecule is CCN(C)C=Nc1cc(C)c(Cc2nc(-c3cnc(C)cn3)cs2)cc1C.Cl.Cl. The van der Waals surface area contributed by atoms with E-state index in [0.29, 0.717) is 0 Å². The molecule has 0 spiro atoms. The lowest BCUT2D eigenvalue weighted by molar-refractivity contribution is 0.552. The largest absolute Gasteiger partial charge is 0.366 e. The Morgan fingerprint density at radius 2 is 1.79 bits per heavy atom. The number of thiazole rings is 1. The summed E-state index contributed by atoms with van der Waals surface area (Å²) in [6.07, 6.45) is 6.26. The summed E-state index contributed by atoms with van der Waals surface area (Å²) < 4.78 is 0. The minimum atomic E-state index is 0. The number of hydrogen-bond acceptors (Lipinski definition) is 5. The second-order valence-electron chi connectivity index (χ2n) is 6.73.